The Balaban J connectivity index is 1.87. The molecule has 0 fully saturated rings. The number of nitrogens with zero attached hydrogens (tertiary/aromatic N) is 2. The lowest BCUT2D eigenvalue weighted by molar-refractivity contribution is -0.140. The summed E-state index contributed by atoms with van der Waals surface area (Å²) in [5.74, 6) is -1.26. The molecule has 0 aliphatic carbocycles. The molecule has 0 aliphatic rings. The second-order valence-corrected chi connectivity index (χ2v) is 14.8. The first kappa shape index (κ1) is 37.9. The summed E-state index contributed by atoms with van der Waals surface area (Å²) in [7, 11) is -4.61. The topological polar surface area (TPSA) is 86.8 Å². The number of aryl methyl sites for hydroxylation is 1. The summed E-state index contributed by atoms with van der Waals surface area (Å²) < 4.78 is 71.7. The van der Waals surface area contributed by atoms with Crippen molar-refractivity contribution in [2.75, 3.05) is 10.8 Å². The van der Waals surface area contributed by atoms with E-state index in [2.05, 4.69) is 21.2 Å². The Kier molecular flexibility index (Phi) is 12.6. The Morgan fingerprint density at radius 1 is 0.918 bits per heavy atom. The smallest absolute Gasteiger partial charge is 0.352 e. The zero-order valence-electron chi connectivity index (χ0n) is 27.0. The lowest BCUT2D eigenvalue weighted by atomic mass is 10.0. The van der Waals surface area contributed by atoms with Crippen LogP contribution >= 0.6 is 27.5 Å². The van der Waals surface area contributed by atoms with Crippen molar-refractivity contribution in [3.05, 3.63) is 129 Å². The van der Waals surface area contributed by atoms with Gasteiger partial charge in [0, 0.05) is 23.5 Å². The lowest BCUT2D eigenvalue weighted by Gasteiger charge is -2.34. The van der Waals surface area contributed by atoms with E-state index in [1.54, 1.807) is 55.5 Å². The normalized spacial score (nSPS) is 13.0. The Labute approximate surface area is 298 Å². The van der Waals surface area contributed by atoms with Gasteiger partial charge in [0.15, 0.2) is 0 Å². The minimum absolute atomic E-state index is 0.0925. The second-order valence-electron chi connectivity index (χ2n) is 11.7. The third-order valence-corrected chi connectivity index (χ3v) is 10.6. The third-order valence-electron chi connectivity index (χ3n) is 7.97. The third kappa shape index (κ3) is 9.86. The van der Waals surface area contributed by atoms with E-state index in [4.69, 9.17) is 11.6 Å². The van der Waals surface area contributed by atoms with Gasteiger partial charge in [0.25, 0.3) is 10.0 Å². The molecular weight excluding hydrogens is 743 g/mol. The maximum atomic E-state index is 14.6. The number of carbonyl (C=O) groups excluding carboxylic acids is 2. The van der Waals surface area contributed by atoms with Crippen molar-refractivity contribution in [3.63, 3.8) is 0 Å². The van der Waals surface area contributed by atoms with Gasteiger partial charge in [-0.25, -0.2) is 8.42 Å². The maximum Gasteiger partial charge on any atom is 0.417 e. The van der Waals surface area contributed by atoms with Gasteiger partial charge >= 0.3 is 6.18 Å². The van der Waals surface area contributed by atoms with Gasteiger partial charge in [-0.1, -0.05) is 94.6 Å². The molecule has 2 unspecified atom stereocenters. The Hall–Kier alpha value is -3.87. The van der Waals surface area contributed by atoms with Crippen LogP contribution in [0.25, 0.3) is 0 Å². The first-order valence-corrected chi connectivity index (χ1v) is 18.1. The molecular formula is C36H36BrClF3N3O4S. The Morgan fingerprint density at radius 2 is 1.55 bits per heavy atom. The predicted molar refractivity (Wildman–Crippen MR) is 189 cm³/mol. The number of sulfonamides is 1. The summed E-state index contributed by atoms with van der Waals surface area (Å²) in [6, 6.07) is 23.2. The van der Waals surface area contributed by atoms with Crippen LogP contribution in [0.5, 0.6) is 0 Å². The highest BCUT2D eigenvalue weighted by atomic mass is 79.9. The van der Waals surface area contributed by atoms with Crippen LogP contribution in [0.4, 0.5) is 18.9 Å². The van der Waals surface area contributed by atoms with Gasteiger partial charge in [-0.3, -0.25) is 13.9 Å². The molecule has 0 saturated heterocycles. The van der Waals surface area contributed by atoms with Crippen molar-refractivity contribution >= 4 is 55.1 Å². The summed E-state index contributed by atoms with van der Waals surface area (Å²) in [6.07, 6.45) is -4.20. The Morgan fingerprint density at radius 3 is 2.14 bits per heavy atom. The molecule has 7 nitrogen and oxygen atoms in total. The molecule has 1 N–H and O–H groups in total. The van der Waals surface area contributed by atoms with Crippen molar-refractivity contribution in [2.45, 2.75) is 63.3 Å². The number of hydrogen-bond donors (Lipinski definition) is 1. The van der Waals surface area contributed by atoms with Crippen LogP contribution in [-0.4, -0.2) is 43.8 Å². The Bertz CT molecular complexity index is 1860. The molecule has 4 aromatic carbocycles. The fourth-order valence-electron chi connectivity index (χ4n) is 5.03. The van der Waals surface area contributed by atoms with Crippen molar-refractivity contribution in [1.82, 2.24) is 10.2 Å². The number of amides is 2. The van der Waals surface area contributed by atoms with Gasteiger partial charge in [-0.2, -0.15) is 13.2 Å². The molecule has 0 aromatic heterocycles. The standard InChI is InChI=1S/C36H36BrClF3N3O4S/c1-4-25(3)42-35(46)33(20-26-8-6-5-7-9-26)43(22-27-12-14-28(37)15-13-27)34(45)23-44(49(47,48)30-17-10-24(2)11-18-30)29-16-19-32(38)31(21-29)36(39,40)41/h5-19,21,25,33H,4,20,22-23H2,1-3H3,(H,42,46). The fourth-order valence-corrected chi connectivity index (χ4v) is 6.93. The van der Waals surface area contributed by atoms with E-state index in [1.807, 2.05) is 32.0 Å². The van der Waals surface area contributed by atoms with Crippen LogP contribution in [0.2, 0.25) is 5.02 Å². The van der Waals surface area contributed by atoms with Crippen molar-refractivity contribution in [2.24, 2.45) is 0 Å². The number of rotatable bonds is 13. The first-order valence-electron chi connectivity index (χ1n) is 15.4. The minimum Gasteiger partial charge on any atom is -0.352 e. The van der Waals surface area contributed by atoms with Gasteiger partial charge in [-0.05, 0) is 73.9 Å². The second kappa shape index (κ2) is 16.2. The first-order chi connectivity index (χ1) is 23.1. The quantitative estimate of drug-likeness (QED) is 0.148. The van der Waals surface area contributed by atoms with Crippen molar-refractivity contribution < 1.29 is 31.2 Å². The van der Waals surface area contributed by atoms with E-state index in [1.165, 1.54) is 17.0 Å². The van der Waals surface area contributed by atoms with Crippen LogP contribution in [0.15, 0.2) is 106 Å². The molecule has 2 atom stereocenters. The largest absolute Gasteiger partial charge is 0.417 e. The van der Waals surface area contributed by atoms with E-state index in [0.717, 1.165) is 27.7 Å². The highest BCUT2D eigenvalue weighted by Crippen LogP contribution is 2.38. The average Bonchev–Trinajstić information content (AvgIpc) is 3.06. The molecule has 2 amide bonds. The minimum atomic E-state index is -4.90. The molecule has 0 aliphatic heterocycles. The van der Waals surface area contributed by atoms with Crippen LogP contribution < -0.4 is 9.62 Å². The molecule has 0 saturated carbocycles. The van der Waals surface area contributed by atoms with Gasteiger partial charge in [-0.15, -0.1) is 0 Å². The van der Waals surface area contributed by atoms with Crippen LogP contribution in [-0.2, 0) is 38.8 Å². The van der Waals surface area contributed by atoms with Gasteiger partial charge < -0.3 is 10.2 Å². The molecule has 49 heavy (non-hydrogen) atoms. The number of hydrogen-bond acceptors (Lipinski definition) is 4. The average molecular weight is 779 g/mol. The number of halogens is 5. The highest BCUT2D eigenvalue weighted by Gasteiger charge is 2.38. The number of carbonyl (C=O) groups is 2. The van der Waals surface area contributed by atoms with Crippen LogP contribution in [0.3, 0.4) is 0 Å². The van der Waals surface area contributed by atoms with E-state index in [0.29, 0.717) is 22.4 Å². The monoisotopic (exact) mass is 777 g/mol. The fraction of sp³-hybridized carbons (Fsp3) is 0.278. The number of alkyl halides is 3. The van der Waals surface area contributed by atoms with Gasteiger partial charge in [0.05, 0.1) is 21.2 Å². The molecule has 260 valence electrons. The number of anilines is 1. The number of benzene rings is 4. The molecule has 4 aromatic rings. The zero-order chi connectivity index (χ0) is 35.9. The molecule has 0 radical (unpaired) electrons. The summed E-state index contributed by atoms with van der Waals surface area (Å²) in [5, 5.41) is 2.32. The SMILES string of the molecule is CCC(C)NC(=O)C(Cc1ccccc1)N(Cc1ccc(Br)cc1)C(=O)CN(c1ccc(Cl)c(C(F)(F)F)c1)S(=O)(=O)c1ccc(C)cc1. The number of nitrogens with one attached hydrogen (secondary N) is 1. The lowest BCUT2D eigenvalue weighted by Crippen LogP contribution is -2.54. The molecule has 13 heteroatoms. The summed E-state index contributed by atoms with van der Waals surface area (Å²) in [6.45, 7) is 4.48. The van der Waals surface area contributed by atoms with Crippen molar-refractivity contribution in [1.29, 1.82) is 0 Å². The maximum absolute atomic E-state index is 14.6. The van der Waals surface area contributed by atoms with E-state index in [9.17, 15) is 31.2 Å². The van der Waals surface area contributed by atoms with Gasteiger partial charge in [0.2, 0.25) is 11.8 Å². The van der Waals surface area contributed by atoms with E-state index >= 15 is 0 Å². The summed E-state index contributed by atoms with van der Waals surface area (Å²) >= 11 is 9.28. The van der Waals surface area contributed by atoms with Crippen LogP contribution in [0, 0.1) is 6.92 Å². The van der Waals surface area contributed by atoms with E-state index < -0.39 is 56.9 Å². The molecule has 0 bridgehead atoms. The highest BCUT2D eigenvalue weighted by molar-refractivity contribution is 9.10. The van der Waals surface area contributed by atoms with Gasteiger partial charge in [0.1, 0.15) is 12.6 Å². The van der Waals surface area contributed by atoms with Crippen LogP contribution in [0.1, 0.15) is 42.5 Å². The predicted octanol–water partition coefficient (Wildman–Crippen LogP) is 8.18. The van der Waals surface area contributed by atoms with E-state index in [-0.39, 0.29) is 23.9 Å². The summed E-state index contributed by atoms with van der Waals surface area (Å²) in [5.41, 5.74) is 0.466. The molecule has 4 rings (SSSR count). The van der Waals surface area contributed by atoms with Crippen molar-refractivity contribution in [3.8, 4) is 0 Å². The molecule has 0 heterocycles. The summed E-state index contributed by atoms with van der Waals surface area (Å²) in [4.78, 5) is 29.5. The molecule has 0 spiro atoms. The zero-order valence-corrected chi connectivity index (χ0v) is 30.2.